The number of aromatic nitrogens is 1. The van der Waals surface area contributed by atoms with Crippen molar-refractivity contribution in [2.45, 2.75) is 6.92 Å². The van der Waals surface area contributed by atoms with Crippen molar-refractivity contribution in [1.82, 2.24) is 10.4 Å². The van der Waals surface area contributed by atoms with Crippen molar-refractivity contribution < 1.29 is 19.0 Å². The number of nitrogens with one attached hydrogen (secondary N) is 1. The molecule has 0 aliphatic heterocycles. The molecule has 0 fully saturated rings. The molecule has 7 nitrogen and oxygen atoms in total. The highest BCUT2D eigenvalue weighted by Crippen LogP contribution is 2.41. The summed E-state index contributed by atoms with van der Waals surface area (Å²) in [5, 5.41) is 4.89. The minimum absolute atomic E-state index is 0.336. The van der Waals surface area contributed by atoms with Gasteiger partial charge in [0.1, 0.15) is 0 Å². The predicted octanol–water partition coefficient (Wildman–Crippen LogP) is 5.00. The summed E-state index contributed by atoms with van der Waals surface area (Å²) >= 11 is 0. The molecule has 0 aliphatic carbocycles. The molecule has 0 aliphatic rings. The summed E-state index contributed by atoms with van der Waals surface area (Å²) in [5.41, 5.74) is 7.09. The van der Waals surface area contributed by atoms with Crippen LogP contribution in [0.15, 0.2) is 71.8 Å². The topological polar surface area (TPSA) is 82.0 Å². The van der Waals surface area contributed by atoms with E-state index in [2.05, 4.69) is 10.5 Å². The average molecular weight is 456 g/mol. The van der Waals surface area contributed by atoms with Crippen LogP contribution in [-0.2, 0) is 0 Å². The Morgan fingerprint density at radius 2 is 1.59 bits per heavy atom. The lowest BCUT2D eigenvalue weighted by atomic mass is 10.0. The van der Waals surface area contributed by atoms with E-state index < -0.39 is 0 Å². The van der Waals surface area contributed by atoms with E-state index in [9.17, 15) is 4.79 Å². The van der Waals surface area contributed by atoms with Gasteiger partial charge in [-0.25, -0.2) is 10.4 Å². The van der Waals surface area contributed by atoms with Gasteiger partial charge in [-0.2, -0.15) is 5.10 Å². The lowest BCUT2D eigenvalue weighted by Gasteiger charge is -2.15. The molecule has 0 unspecified atom stereocenters. The Bertz CT molecular complexity index is 1360. The maximum absolute atomic E-state index is 13.1. The zero-order valence-corrected chi connectivity index (χ0v) is 19.5. The van der Waals surface area contributed by atoms with E-state index >= 15 is 0 Å². The van der Waals surface area contributed by atoms with E-state index in [4.69, 9.17) is 19.2 Å². The van der Waals surface area contributed by atoms with Crippen molar-refractivity contribution in [3.8, 4) is 28.5 Å². The normalized spacial score (nSPS) is 10.9. The van der Waals surface area contributed by atoms with Gasteiger partial charge in [0, 0.05) is 10.9 Å². The van der Waals surface area contributed by atoms with Gasteiger partial charge in [0.2, 0.25) is 5.75 Å². The molecule has 4 aromatic rings. The first kappa shape index (κ1) is 22.8. The van der Waals surface area contributed by atoms with Gasteiger partial charge in [0.25, 0.3) is 5.91 Å². The number of methoxy groups -OCH3 is 3. The van der Waals surface area contributed by atoms with Crippen LogP contribution in [0.5, 0.6) is 17.2 Å². The number of para-hydroxylation sites is 1. The molecule has 0 saturated heterocycles. The van der Waals surface area contributed by atoms with Gasteiger partial charge < -0.3 is 14.2 Å². The number of pyridine rings is 1. The Morgan fingerprint density at radius 1 is 0.912 bits per heavy atom. The van der Waals surface area contributed by atoms with Crippen LogP contribution in [0, 0.1) is 6.92 Å². The number of hydrogen-bond donors (Lipinski definition) is 1. The van der Waals surface area contributed by atoms with E-state index in [1.807, 2.05) is 55.5 Å². The van der Waals surface area contributed by atoms with Gasteiger partial charge in [0.05, 0.1) is 44.3 Å². The molecule has 7 heteroatoms. The lowest BCUT2D eigenvalue weighted by Crippen LogP contribution is -2.18. The van der Waals surface area contributed by atoms with E-state index in [-0.39, 0.29) is 5.91 Å². The summed E-state index contributed by atoms with van der Waals surface area (Å²) in [6.45, 7) is 1.99. The molecule has 172 valence electrons. The van der Waals surface area contributed by atoms with Gasteiger partial charge in [-0.1, -0.05) is 42.5 Å². The fraction of sp³-hybridized carbons (Fsp3) is 0.148. The van der Waals surface area contributed by atoms with E-state index in [0.717, 1.165) is 22.1 Å². The molecule has 0 atom stereocenters. The number of fused-ring (bicyclic) bond motifs is 1. The smallest absolute Gasteiger partial charge is 0.272 e. The van der Waals surface area contributed by atoms with Crippen LogP contribution in [0.3, 0.4) is 0 Å². The molecular weight excluding hydrogens is 430 g/mol. The second-order valence-electron chi connectivity index (χ2n) is 7.54. The summed E-state index contributed by atoms with van der Waals surface area (Å²) in [7, 11) is 4.66. The average Bonchev–Trinajstić information content (AvgIpc) is 2.88. The van der Waals surface area contributed by atoms with Crippen LogP contribution in [-0.4, -0.2) is 38.4 Å². The molecule has 0 radical (unpaired) electrons. The minimum Gasteiger partial charge on any atom is -0.493 e. The van der Waals surface area contributed by atoms with Crippen molar-refractivity contribution in [1.29, 1.82) is 0 Å². The van der Waals surface area contributed by atoms with Crippen LogP contribution in [0.1, 0.15) is 21.5 Å². The van der Waals surface area contributed by atoms with E-state index in [0.29, 0.717) is 34.0 Å². The maximum Gasteiger partial charge on any atom is 0.272 e. The van der Waals surface area contributed by atoms with Crippen molar-refractivity contribution in [3.05, 3.63) is 83.4 Å². The van der Waals surface area contributed by atoms with Crippen molar-refractivity contribution in [2.24, 2.45) is 5.10 Å². The Labute approximate surface area is 198 Å². The molecule has 3 aromatic carbocycles. The first-order valence-electron chi connectivity index (χ1n) is 10.6. The first-order valence-corrected chi connectivity index (χ1v) is 10.6. The monoisotopic (exact) mass is 455 g/mol. The number of carbonyl (C=O) groups is 1. The zero-order chi connectivity index (χ0) is 24.1. The molecule has 1 aromatic heterocycles. The van der Waals surface area contributed by atoms with Crippen LogP contribution in [0.4, 0.5) is 0 Å². The Morgan fingerprint density at radius 3 is 2.26 bits per heavy atom. The largest absolute Gasteiger partial charge is 0.493 e. The third-order valence-electron chi connectivity index (χ3n) is 5.48. The van der Waals surface area contributed by atoms with Crippen LogP contribution >= 0.6 is 0 Å². The highest BCUT2D eigenvalue weighted by Gasteiger charge is 2.18. The number of hydrazone groups is 1. The van der Waals surface area contributed by atoms with Gasteiger partial charge in [-0.3, -0.25) is 4.79 Å². The van der Waals surface area contributed by atoms with Crippen molar-refractivity contribution in [3.63, 3.8) is 0 Å². The SMILES string of the molecule is COc1cc(-c2cc(C(=O)N/N=C/c3ccccc3C)c3ccccc3n2)cc(OC)c1OC. The van der Waals surface area contributed by atoms with Gasteiger partial charge >= 0.3 is 0 Å². The summed E-state index contributed by atoms with van der Waals surface area (Å²) in [4.78, 5) is 17.9. The quantitative estimate of drug-likeness (QED) is 0.313. The number of hydrogen-bond acceptors (Lipinski definition) is 6. The fourth-order valence-electron chi connectivity index (χ4n) is 3.69. The summed E-state index contributed by atoms with van der Waals surface area (Å²) in [6.07, 6.45) is 1.64. The second kappa shape index (κ2) is 10.0. The predicted molar refractivity (Wildman–Crippen MR) is 133 cm³/mol. The molecule has 0 bridgehead atoms. The van der Waals surface area contributed by atoms with Gasteiger partial charge in [0.15, 0.2) is 11.5 Å². The fourth-order valence-corrected chi connectivity index (χ4v) is 3.69. The Kier molecular flexibility index (Phi) is 6.73. The molecule has 1 N–H and O–H groups in total. The van der Waals surface area contributed by atoms with E-state index in [1.54, 1.807) is 45.7 Å². The van der Waals surface area contributed by atoms with Crippen molar-refractivity contribution >= 4 is 23.0 Å². The second-order valence-corrected chi connectivity index (χ2v) is 7.54. The maximum atomic E-state index is 13.1. The third-order valence-corrected chi connectivity index (χ3v) is 5.48. The molecule has 34 heavy (non-hydrogen) atoms. The van der Waals surface area contributed by atoms with E-state index in [1.165, 1.54) is 0 Å². The number of amides is 1. The minimum atomic E-state index is -0.336. The first-order chi connectivity index (χ1) is 16.5. The van der Waals surface area contributed by atoms with Gasteiger partial charge in [-0.05, 0) is 42.3 Å². The number of aryl methyl sites for hydroxylation is 1. The van der Waals surface area contributed by atoms with Crippen LogP contribution in [0.25, 0.3) is 22.2 Å². The molecular formula is C27H25N3O4. The van der Waals surface area contributed by atoms with Gasteiger partial charge in [-0.15, -0.1) is 0 Å². The highest BCUT2D eigenvalue weighted by atomic mass is 16.5. The Hall–Kier alpha value is -4.39. The summed E-state index contributed by atoms with van der Waals surface area (Å²) in [6, 6.07) is 20.6. The molecule has 0 spiro atoms. The third kappa shape index (κ3) is 4.54. The number of benzene rings is 3. The van der Waals surface area contributed by atoms with Crippen LogP contribution in [0.2, 0.25) is 0 Å². The van der Waals surface area contributed by atoms with Crippen LogP contribution < -0.4 is 19.6 Å². The standard InChI is InChI=1S/C27H25N3O4/c1-17-9-5-6-10-18(17)16-28-30-27(31)21-15-23(29-22-12-8-7-11-20(21)22)19-13-24(32-2)26(34-4)25(14-19)33-3/h5-16H,1-4H3,(H,30,31)/b28-16+. The number of rotatable bonds is 7. The number of carbonyl (C=O) groups excluding carboxylic acids is 1. The highest BCUT2D eigenvalue weighted by molar-refractivity contribution is 6.07. The summed E-state index contributed by atoms with van der Waals surface area (Å²) in [5.74, 6) is 1.15. The summed E-state index contributed by atoms with van der Waals surface area (Å²) < 4.78 is 16.4. The molecule has 1 heterocycles. The number of ether oxygens (including phenoxy) is 3. The number of nitrogens with zero attached hydrogens (tertiary/aromatic N) is 2. The molecule has 1 amide bonds. The lowest BCUT2D eigenvalue weighted by molar-refractivity contribution is 0.0956. The van der Waals surface area contributed by atoms with Crippen molar-refractivity contribution in [2.75, 3.05) is 21.3 Å². The molecule has 4 rings (SSSR count). The zero-order valence-electron chi connectivity index (χ0n) is 19.5. The Balaban J connectivity index is 1.76. The molecule has 0 saturated carbocycles.